The lowest BCUT2D eigenvalue weighted by Crippen LogP contribution is -2.16. The highest BCUT2D eigenvalue weighted by molar-refractivity contribution is 4.89. The number of nitrogens with zero attached hydrogens (tertiary/aromatic N) is 1. The largest absolute Gasteiger partial charge is 0.290 e. The van der Waals surface area contributed by atoms with Crippen molar-refractivity contribution >= 4 is 0 Å². The predicted molar refractivity (Wildman–Crippen MR) is 46.0 cm³/mol. The Labute approximate surface area is 73.2 Å². The van der Waals surface area contributed by atoms with Crippen molar-refractivity contribution in [2.24, 2.45) is 5.92 Å². The molecule has 3 heteroatoms. The molecule has 0 aromatic rings. The summed E-state index contributed by atoms with van der Waals surface area (Å²) < 4.78 is 0. The van der Waals surface area contributed by atoms with E-state index in [1.807, 2.05) is 0 Å². The number of hydrogen-bond donors (Lipinski definition) is 2. The third kappa shape index (κ3) is 3.85. The molecule has 1 unspecified atom stereocenters. The fraction of sp³-hybridized carbons (Fsp3) is 0.778. The first-order chi connectivity index (χ1) is 5.79. The molecule has 0 fully saturated rings. The normalized spacial score (nSPS) is 23.4. The summed E-state index contributed by atoms with van der Waals surface area (Å²) >= 11 is 0. The lowest BCUT2D eigenvalue weighted by Gasteiger charge is -2.17. The van der Waals surface area contributed by atoms with Crippen LogP contribution in [0.4, 0.5) is 0 Å². The average molecular weight is 171 g/mol. The van der Waals surface area contributed by atoms with Crippen LogP contribution in [0, 0.1) is 5.92 Å². The van der Waals surface area contributed by atoms with E-state index in [-0.39, 0.29) is 5.23 Å². The Bertz CT molecular complexity index is 145. The first-order valence-corrected chi connectivity index (χ1v) is 4.59. The summed E-state index contributed by atoms with van der Waals surface area (Å²) in [5.74, 6) is 0.759. The molecule has 0 aliphatic heterocycles. The molecule has 70 valence electrons. The fourth-order valence-electron chi connectivity index (χ4n) is 1.64. The second kappa shape index (κ2) is 5.30. The molecule has 0 aromatic heterocycles. The maximum atomic E-state index is 8.46. The van der Waals surface area contributed by atoms with Crippen molar-refractivity contribution in [3.63, 3.8) is 0 Å². The number of allylic oxidation sites excluding steroid dienone is 2. The van der Waals surface area contributed by atoms with Gasteiger partial charge in [-0.15, -0.1) is 0 Å². The Morgan fingerprint density at radius 2 is 2.17 bits per heavy atom. The molecule has 0 spiro atoms. The Hall–Kier alpha value is -0.380. The van der Waals surface area contributed by atoms with Gasteiger partial charge in [-0.05, 0) is 38.0 Å². The molecule has 3 nitrogen and oxygen atoms in total. The molecule has 0 radical (unpaired) electrons. The van der Waals surface area contributed by atoms with Crippen molar-refractivity contribution < 1.29 is 10.4 Å². The highest BCUT2D eigenvalue weighted by Gasteiger charge is 2.09. The molecule has 0 bridgehead atoms. The molecule has 0 saturated carbocycles. The van der Waals surface area contributed by atoms with Gasteiger partial charge >= 0.3 is 0 Å². The van der Waals surface area contributed by atoms with E-state index in [1.165, 1.54) is 12.8 Å². The Kier molecular flexibility index (Phi) is 4.29. The zero-order valence-electron chi connectivity index (χ0n) is 7.32. The molecule has 12 heavy (non-hydrogen) atoms. The maximum Gasteiger partial charge on any atom is 0.0513 e. The van der Waals surface area contributed by atoms with Gasteiger partial charge in [-0.25, -0.2) is 0 Å². The van der Waals surface area contributed by atoms with Gasteiger partial charge in [0.2, 0.25) is 0 Å². The molecule has 0 heterocycles. The van der Waals surface area contributed by atoms with Crippen LogP contribution in [0.5, 0.6) is 0 Å². The standard InChI is InChI=1S/C9H17NO2/c11-10(12)8-4-7-9-5-2-1-3-6-9/h1-2,9,11-12H,3-8H2. The molecule has 2 N–H and O–H groups in total. The molecular formula is C9H17NO2. The van der Waals surface area contributed by atoms with E-state index >= 15 is 0 Å². The molecular weight excluding hydrogens is 154 g/mol. The van der Waals surface area contributed by atoms with E-state index in [0.717, 1.165) is 25.2 Å². The van der Waals surface area contributed by atoms with Crippen LogP contribution in [0.1, 0.15) is 32.1 Å². The first kappa shape index (κ1) is 9.71. The monoisotopic (exact) mass is 171 g/mol. The third-order valence-corrected chi connectivity index (χ3v) is 2.35. The van der Waals surface area contributed by atoms with Crippen molar-refractivity contribution in [1.29, 1.82) is 0 Å². The highest BCUT2D eigenvalue weighted by atomic mass is 16.8. The van der Waals surface area contributed by atoms with E-state index in [4.69, 9.17) is 10.4 Å². The fourth-order valence-corrected chi connectivity index (χ4v) is 1.64. The molecule has 0 aromatic carbocycles. The van der Waals surface area contributed by atoms with Crippen LogP contribution in [-0.2, 0) is 0 Å². The van der Waals surface area contributed by atoms with Gasteiger partial charge in [0.25, 0.3) is 0 Å². The average Bonchev–Trinajstić information content (AvgIpc) is 2.05. The van der Waals surface area contributed by atoms with Crippen molar-refractivity contribution in [3.05, 3.63) is 12.2 Å². The second-order valence-electron chi connectivity index (χ2n) is 3.39. The summed E-state index contributed by atoms with van der Waals surface area (Å²) in [5.41, 5.74) is 0. The molecule has 0 amide bonds. The minimum absolute atomic E-state index is 0.276. The SMILES string of the molecule is ON(O)CCCC1CC=CCC1. The van der Waals surface area contributed by atoms with Crippen LogP contribution in [0.2, 0.25) is 0 Å². The number of rotatable bonds is 4. The minimum Gasteiger partial charge on any atom is -0.290 e. The molecule has 1 rings (SSSR count). The zero-order valence-corrected chi connectivity index (χ0v) is 7.32. The Balaban J connectivity index is 2.03. The van der Waals surface area contributed by atoms with E-state index in [2.05, 4.69) is 12.2 Å². The number of hydroxylamine groups is 2. The van der Waals surface area contributed by atoms with Crippen LogP contribution < -0.4 is 0 Å². The van der Waals surface area contributed by atoms with Crippen LogP contribution in [0.3, 0.4) is 0 Å². The van der Waals surface area contributed by atoms with E-state index in [1.54, 1.807) is 0 Å². The van der Waals surface area contributed by atoms with Crippen LogP contribution >= 0.6 is 0 Å². The lowest BCUT2D eigenvalue weighted by atomic mass is 9.90. The molecule has 1 aliphatic rings. The molecule has 0 saturated heterocycles. The van der Waals surface area contributed by atoms with Crippen molar-refractivity contribution in [1.82, 2.24) is 5.23 Å². The lowest BCUT2D eigenvalue weighted by molar-refractivity contribution is -0.307. The Morgan fingerprint density at radius 1 is 1.33 bits per heavy atom. The van der Waals surface area contributed by atoms with E-state index in [0.29, 0.717) is 6.54 Å². The van der Waals surface area contributed by atoms with Gasteiger partial charge in [0.05, 0.1) is 6.54 Å². The summed E-state index contributed by atoms with van der Waals surface area (Å²) in [7, 11) is 0. The highest BCUT2D eigenvalue weighted by Crippen LogP contribution is 2.22. The second-order valence-corrected chi connectivity index (χ2v) is 3.39. The quantitative estimate of drug-likeness (QED) is 0.503. The third-order valence-electron chi connectivity index (χ3n) is 2.35. The van der Waals surface area contributed by atoms with Crippen LogP contribution in [0.25, 0.3) is 0 Å². The van der Waals surface area contributed by atoms with Gasteiger partial charge in [-0.2, -0.15) is 0 Å². The Morgan fingerprint density at radius 3 is 2.75 bits per heavy atom. The maximum absolute atomic E-state index is 8.46. The summed E-state index contributed by atoms with van der Waals surface area (Å²) in [6.07, 6.45) is 10.0. The summed E-state index contributed by atoms with van der Waals surface area (Å²) in [4.78, 5) is 0. The zero-order chi connectivity index (χ0) is 8.81. The van der Waals surface area contributed by atoms with Gasteiger partial charge < -0.3 is 0 Å². The molecule has 1 atom stereocenters. The summed E-state index contributed by atoms with van der Waals surface area (Å²) in [6, 6.07) is 0. The first-order valence-electron chi connectivity index (χ1n) is 4.59. The minimum atomic E-state index is 0.276. The number of hydrogen-bond acceptors (Lipinski definition) is 3. The summed E-state index contributed by atoms with van der Waals surface area (Å²) in [6.45, 7) is 0.361. The van der Waals surface area contributed by atoms with E-state index in [9.17, 15) is 0 Å². The van der Waals surface area contributed by atoms with Gasteiger partial charge in [-0.3, -0.25) is 10.4 Å². The smallest absolute Gasteiger partial charge is 0.0513 e. The van der Waals surface area contributed by atoms with Crippen molar-refractivity contribution in [3.8, 4) is 0 Å². The van der Waals surface area contributed by atoms with Crippen LogP contribution in [-0.4, -0.2) is 22.2 Å². The van der Waals surface area contributed by atoms with Crippen molar-refractivity contribution in [2.45, 2.75) is 32.1 Å². The van der Waals surface area contributed by atoms with E-state index < -0.39 is 0 Å². The predicted octanol–water partition coefficient (Wildman–Crippen LogP) is 2.20. The molecule has 1 aliphatic carbocycles. The van der Waals surface area contributed by atoms with Crippen molar-refractivity contribution in [2.75, 3.05) is 6.54 Å². The van der Waals surface area contributed by atoms with Gasteiger partial charge in [0.15, 0.2) is 0 Å². The van der Waals surface area contributed by atoms with Gasteiger partial charge in [-0.1, -0.05) is 17.4 Å². The van der Waals surface area contributed by atoms with Gasteiger partial charge in [0, 0.05) is 0 Å². The summed E-state index contributed by atoms with van der Waals surface area (Å²) in [5, 5.41) is 17.2. The topological polar surface area (TPSA) is 43.7 Å². The van der Waals surface area contributed by atoms with Crippen LogP contribution in [0.15, 0.2) is 12.2 Å². The van der Waals surface area contributed by atoms with Gasteiger partial charge in [0.1, 0.15) is 0 Å².